The van der Waals surface area contributed by atoms with Crippen LogP contribution in [0.3, 0.4) is 0 Å². The first-order valence-electron chi connectivity index (χ1n) is 9.42. The van der Waals surface area contributed by atoms with E-state index in [0.717, 1.165) is 12.3 Å². The van der Waals surface area contributed by atoms with E-state index in [1.165, 1.54) is 89.9 Å². The summed E-state index contributed by atoms with van der Waals surface area (Å²) >= 11 is 0. The van der Waals surface area contributed by atoms with Crippen LogP contribution in [0.25, 0.3) is 0 Å². The molecule has 1 nitrogen and oxygen atoms in total. The van der Waals surface area contributed by atoms with Crippen molar-refractivity contribution in [2.75, 3.05) is 6.61 Å². The Morgan fingerprint density at radius 1 is 0.600 bits per heavy atom. The van der Waals surface area contributed by atoms with Crippen LogP contribution in [0.2, 0.25) is 0 Å². The maximum atomic E-state index is 8.79. The van der Waals surface area contributed by atoms with E-state index in [-0.39, 0.29) is 0 Å². The van der Waals surface area contributed by atoms with Gasteiger partial charge in [-0.2, -0.15) is 0 Å². The third-order valence-corrected chi connectivity index (χ3v) is 4.41. The van der Waals surface area contributed by atoms with Gasteiger partial charge in [-0.25, -0.2) is 0 Å². The zero-order valence-corrected chi connectivity index (χ0v) is 14.3. The van der Waals surface area contributed by atoms with Crippen LogP contribution in [0.4, 0.5) is 0 Å². The molecule has 0 spiro atoms. The zero-order valence-electron chi connectivity index (χ0n) is 14.3. The summed E-state index contributed by atoms with van der Waals surface area (Å²) in [5.74, 6) is 0.810. The fourth-order valence-corrected chi connectivity index (χ4v) is 2.92. The van der Waals surface area contributed by atoms with Gasteiger partial charge in [-0.15, -0.1) is 0 Å². The number of hydrogen-bond acceptors (Lipinski definition) is 1. The SMILES string of the molecule is CCCCCCCCCCCCCCC(C)CCCO. The smallest absolute Gasteiger partial charge is 0.0431 e. The molecule has 0 aliphatic rings. The average molecular weight is 285 g/mol. The lowest BCUT2D eigenvalue weighted by atomic mass is 9.97. The predicted octanol–water partition coefficient (Wildman–Crippen LogP) is 6.49. The molecule has 1 N–H and O–H groups in total. The molecule has 0 bridgehead atoms. The molecule has 20 heavy (non-hydrogen) atoms. The molecule has 0 aliphatic heterocycles. The van der Waals surface area contributed by atoms with Crippen LogP contribution >= 0.6 is 0 Å². The van der Waals surface area contributed by atoms with Crippen molar-refractivity contribution in [1.29, 1.82) is 0 Å². The molecule has 1 atom stereocenters. The van der Waals surface area contributed by atoms with Gasteiger partial charge in [-0.1, -0.05) is 97.3 Å². The molecule has 0 aliphatic carbocycles. The highest BCUT2D eigenvalue weighted by Gasteiger charge is 2.01. The highest BCUT2D eigenvalue weighted by atomic mass is 16.2. The Kier molecular flexibility index (Phi) is 17.0. The van der Waals surface area contributed by atoms with Crippen molar-refractivity contribution in [1.82, 2.24) is 0 Å². The second kappa shape index (κ2) is 17.0. The van der Waals surface area contributed by atoms with Gasteiger partial charge < -0.3 is 5.11 Å². The van der Waals surface area contributed by atoms with Gasteiger partial charge in [0.1, 0.15) is 0 Å². The fourth-order valence-electron chi connectivity index (χ4n) is 2.92. The third kappa shape index (κ3) is 16.0. The molecule has 1 unspecified atom stereocenters. The van der Waals surface area contributed by atoms with Gasteiger partial charge in [0, 0.05) is 6.61 Å². The summed E-state index contributed by atoms with van der Waals surface area (Å²) in [6.07, 6.45) is 20.8. The lowest BCUT2D eigenvalue weighted by Crippen LogP contribution is -1.96. The first kappa shape index (κ1) is 20.0. The highest BCUT2D eigenvalue weighted by Crippen LogP contribution is 2.16. The molecular formula is C19H40O. The third-order valence-electron chi connectivity index (χ3n) is 4.41. The molecule has 0 amide bonds. The van der Waals surface area contributed by atoms with Gasteiger partial charge in [0.15, 0.2) is 0 Å². The van der Waals surface area contributed by atoms with Crippen LogP contribution in [-0.4, -0.2) is 11.7 Å². The maximum Gasteiger partial charge on any atom is 0.0431 e. The standard InChI is InChI=1S/C19H40O/c1-3-4-5-6-7-8-9-10-11-12-13-14-16-19(2)17-15-18-20/h19-20H,3-18H2,1-2H3. The van der Waals surface area contributed by atoms with Gasteiger partial charge in [-0.05, 0) is 18.8 Å². The summed E-state index contributed by atoms with van der Waals surface area (Å²) in [6.45, 7) is 4.98. The second-order valence-corrected chi connectivity index (χ2v) is 6.65. The molecule has 0 aromatic rings. The summed E-state index contributed by atoms with van der Waals surface area (Å²) < 4.78 is 0. The Hall–Kier alpha value is -0.0400. The van der Waals surface area contributed by atoms with Gasteiger partial charge in [0.25, 0.3) is 0 Å². The average Bonchev–Trinajstić information content (AvgIpc) is 2.46. The van der Waals surface area contributed by atoms with Gasteiger partial charge in [0.05, 0.1) is 0 Å². The van der Waals surface area contributed by atoms with E-state index in [0.29, 0.717) is 6.61 Å². The summed E-state index contributed by atoms with van der Waals surface area (Å²) in [6, 6.07) is 0. The number of hydrogen-bond donors (Lipinski definition) is 1. The normalized spacial score (nSPS) is 12.8. The van der Waals surface area contributed by atoms with Crippen molar-refractivity contribution < 1.29 is 5.11 Å². The molecular weight excluding hydrogens is 244 g/mol. The minimum absolute atomic E-state index is 0.364. The lowest BCUT2D eigenvalue weighted by molar-refractivity contribution is 0.270. The highest BCUT2D eigenvalue weighted by molar-refractivity contribution is 4.54. The topological polar surface area (TPSA) is 20.2 Å². The molecule has 0 saturated heterocycles. The molecule has 0 aromatic heterocycles. The summed E-state index contributed by atoms with van der Waals surface area (Å²) in [4.78, 5) is 0. The largest absolute Gasteiger partial charge is 0.396 e. The summed E-state index contributed by atoms with van der Waals surface area (Å²) in [5, 5.41) is 8.79. The molecule has 0 radical (unpaired) electrons. The van der Waals surface area contributed by atoms with E-state index in [1.807, 2.05) is 0 Å². The van der Waals surface area contributed by atoms with Crippen LogP contribution in [0.5, 0.6) is 0 Å². The van der Waals surface area contributed by atoms with Crippen LogP contribution < -0.4 is 0 Å². The van der Waals surface area contributed by atoms with E-state index in [9.17, 15) is 0 Å². The van der Waals surface area contributed by atoms with Gasteiger partial charge >= 0.3 is 0 Å². The van der Waals surface area contributed by atoms with Crippen LogP contribution in [0.15, 0.2) is 0 Å². The second-order valence-electron chi connectivity index (χ2n) is 6.65. The summed E-state index contributed by atoms with van der Waals surface area (Å²) in [7, 11) is 0. The van der Waals surface area contributed by atoms with Crippen molar-refractivity contribution in [3.05, 3.63) is 0 Å². The van der Waals surface area contributed by atoms with E-state index in [4.69, 9.17) is 5.11 Å². The molecule has 122 valence electrons. The Bertz CT molecular complexity index is 167. The molecule has 0 aromatic carbocycles. The molecule has 0 saturated carbocycles. The number of aliphatic hydroxyl groups excluding tert-OH is 1. The van der Waals surface area contributed by atoms with E-state index >= 15 is 0 Å². The monoisotopic (exact) mass is 284 g/mol. The predicted molar refractivity (Wildman–Crippen MR) is 91.2 cm³/mol. The minimum Gasteiger partial charge on any atom is -0.396 e. The Balaban J connectivity index is 3.02. The van der Waals surface area contributed by atoms with Crippen molar-refractivity contribution in [3.8, 4) is 0 Å². The first-order chi connectivity index (χ1) is 9.81. The molecule has 0 heterocycles. The molecule has 0 fully saturated rings. The Morgan fingerprint density at radius 2 is 1.00 bits per heavy atom. The van der Waals surface area contributed by atoms with Crippen molar-refractivity contribution in [3.63, 3.8) is 0 Å². The van der Waals surface area contributed by atoms with Gasteiger partial charge in [-0.3, -0.25) is 0 Å². The quantitative estimate of drug-likeness (QED) is 0.321. The van der Waals surface area contributed by atoms with Crippen molar-refractivity contribution in [2.45, 2.75) is 110 Å². The van der Waals surface area contributed by atoms with Crippen molar-refractivity contribution >= 4 is 0 Å². The Labute approximate surface area is 128 Å². The maximum absolute atomic E-state index is 8.79. The first-order valence-corrected chi connectivity index (χ1v) is 9.42. The lowest BCUT2D eigenvalue weighted by Gasteiger charge is -2.09. The number of aliphatic hydroxyl groups is 1. The van der Waals surface area contributed by atoms with Crippen molar-refractivity contribution in [2.24, 2.45) is 5.92 Å². The van der Waals surface area contributed by atoms with Crippen LogP contribution in [0.1, 0.15) is 110 Å². The van der Waals surface area contributed by atoms with E-state index in [1.54, 1.807) is 0 Å². The van der Waals surface area contributed by atoms with Crippen LogP contribution in [0, 0.1) is 5.92 Å². The molecule has 1 heteroatoms. The number of rotatable bonds is 16. The number of unbranched alkanes of at least 4 members (excludes halogenated alkanes) is 11. The van der Waals surface area contributed by atoms with Gasteiger partial charge in [0.2, 0.25) is 0 Å². The molecule has 0 rings (SSSR count). The van der Waals surface area contributed by atoms with E-state index in [2.05, 4.69) is 13.8 Å². The fraction of sp³-hybridized carbons (Fsp3) is 1.00. The summed E-state index contributed by atoms with van der Waals surface area (Å²) in [5.41, 5.74) is 0. The zero-order chi connectivity index (χ0) is 14.9. The minimum atomic E-state index is 0.364. The van der Waals surface area contributed by atoms with Crippen LogP contribution in [-0.2, 0) is 0 Å². The van der Waals surface area contributed by atoms with E-state index < -0.39 is 0 Å². The Morgan fingerprint density at radius 3 is 1.45 bits per heavy atom.